The second-order valence-electron chi connectivity index (χ2n) is 12.8. The Labute approximate surface area is 265 Å². The van der Waals surface area contributed by atoms with E-state index in [4.69, 9.17) is 0 Å². The Hall–Kier alpha value is -5.74. The van der Waals surface area contributed by atoms with Gasteiger partial charge in [0.1, 0.15) is 0 Å². The van der Waals surface area contributed by atoms with E-state index in [1.165, 1.54) is 88.8 Å². The van der Waals surface area contributed by atoms with Crippen LogP contribution in [-0.2, 0) is 12.8 Å². The number of benzene rings is 5. The number of rotatable bonds is 2. The molecule has 0 radical (unpaired) electrons. The maximum Gasteiger partial charge on any atom is 0.0779 e. The number of hydrogen-bond donors (Lipinski definition) is 0. The highest BCUT2D eigenvalue weighted by atomic mass is 15.1. The minimum Gasteiger partial charge on any atom is -0.306 e. The maximum absolute atomic E-state index is 2.55. The van der Waals surface area contributed by atoms with Gasteiger partial charge < -0.3 is 17.9 Å². The molecule has 4 aromatic heterocycles. The average molecular weight is 591 g/mol. The molecule has 0 atom stereocenters. The molecule has 4 heterocycles. The Bertz CT molecular complexity index is 2580. The highest BCUT2D eigenvalue weighted by molar-refractivity contribution is 6.10. The quantitative estimate of drug-likeness (QED) is 0.178. The summed E-state index contributed by atoms with van der Waals surface area (Å²) in [5, 5.41) is 2.72. The minimum absolute atomic E-state index is 1.06. The van der Waals surface area contributed by atoms with Crippen molar-refractivity contribution in [2.24, 2.45) is 0 Å². The van der Waals surface area contributed by atoms with Crippen LogP contribution in [0, 0.1) is 0 Å². The van der Waals surface area contributed by atoms with Crippen LogP contribution in [0.2, 0.25) is 0 Å². The van der Waals surface area contributed by atoms with Gasteiger partial charge in [0.25, 0.3) is 0 Å². The van der Waals surface area contributed by atoms with Crippen molar-refractivity contribution in [3.05, 3.63) is 144 Å². The smallest absolute Gasteiger partial charge is 0.0779 e. The van der Waals surface area contributed by atoms with Crippen LogP contribution in [0.1, 0.15) is 35.4 Å². The molecule has 0 N–H and O–H groups in total. The summed E-state index contributed by atoms with van der Waals surface area (Å²) < 4.78 is 10.1. The Morgan fingerprint density at radius 1 is 0.413 bits per heavy atom. The normalized spacial score (nSPS) is 14.4. The highest BCUT2D eigenvalue weighted by Crippen LogP contribution is 2.42. The van der Waals surface area contributed by atoms with Gasteiger partial charge in [0.05, 0.1) is 44.1 Å². The summed E-state index contributed by atoms with van der Waals surface area (Å²) >= 11 is 0. The minimum atomic E-state index is 1.06. The highest BCUT2D eigenvalue weighted by Gasteiger charge is 2.26. The van der Waals surface area contributed by atoms with E-state index in [1.807, 2.05) is 0 Å². The Morgan fingerprint density at radius 2 is 0.870 bits per heavy atom. The van der Waals surface area contributed by atoms with Crippen LogP contribution < -0.4 is 0 Å². The number of allylic oxidation sites excluding steroid dienone is 2. The number of aryl methyl sites for hydroxylation is 2. The molecule has 2 aliphatic carbocycles. The van der Waals surface area contributed by atoms with Gasteiger partial charge in [0.2, 0.25) is 0 Å². The zero-order valence-corrected chi connectivity index (χ0v) is 25.3. The fourth-order valence-electron chi connectivity index (χ4n) is 8.63. The average Bonchev–Trinajstić information content (AvgIpc) is 3.64. The van der Waals surface area contributed by atoms with E-state index < -0.39 is 0 Å². The van der Waals surface area contributed by atoms with Crippen molar-refractivity contribution < 1.29 is 0 Å². The van der Waals surface area contributed by atoms with E-state index in [1.54, 1.807) is 0 Å². The van der Waals surface area contributed by atoms with Crippen LogP contribution in [0.25, 0.3) is 78.4 Å². The molecule has 4 nitrogen and oxygen atoms in total. The monoisotopic (exact) mass is 590 g/mol. The van der Waals surface area contributed by atoms with E-state index in [-0.39, 0.29) is 0 Å². The van der Waals surface area contributed by atoms with Gasteiger partial charge >= 0.3 is 0 Å². The lowest BCUT2D eigenvalue weighted by Gasteiger charge is -2.22. The van der Waals surface area contributed by atoms with Crippen molar-refractivity contribution in [1.29, 1.82) is 0 Å². The van der Waals surface area contributed by atoms with Crippen molar-refractivity contribution in [2.45, 2.75) is 25.7 Å². The number of aromatic nitrogens is 4. The third-order valence-electron chi connectivity index (χ3n) is 10.4. The molecular formula is C42H30N4. The summed E-state index contributed by atoms with van der Waals surface area (Å²) in [6.07, 6.45) is 13.7. The zero-order chi connectivity index (χ0) is 29.9. The fraction of sp³-hybridized carbons (Fsp3) is 0.0952. The van der Waals surface area contributed by atoms with Gasteiger partial charge in [-0.3, -0.25) is 0 Å². The lowest BCUT2D eigenvalue weighted by atomic mass is 10.0. The number of nitrogens with zero attached hydrogens (tertiary/aromatic N) is 4. The molecule has 4 heteroatoms. The van der Waals surface area contributed by atoms with E-state index in [2.05, 4.69) is 151 Å². The number of fused-ring (bicyclic) bond motifs is 10. The Balaban J connectivity index is 1.46. The molecule has 0 saturated carbocycles. The molecule has 11 rings (SSSR count). The van der Waals surface area contributed by atoms with Crippen LogP contribution in [0.4, 0.5) is 0 Å². The molecule has 0 spiro atoms. The summed E-state index contributed by atoms with van der Waals surface area (Å²) in [6, 6.07) is 40.4. The molecule has 9 aromatic rings. The summed E-state index contributed by atoms with van der Waals surface area (Å²) in [4.78, 5) is 0. The van der Waals surface area contributed by atoms with Crippen molar-refractivity contribution in [2.75, 3.05) is 0 Å². The largest absolute Gasteiger partial charge is 0.306 e. The van der Waals surface area contributed by atoms with Crippen molar-refractivity contribution in [3.8, 4) is 11.4 Å². The lowest BCUT2D eigenvalue weighted by Crippen LogP contribution is -2.09. The Morgan fingerprint density at radius 3 is 1.33 bits per heavy atom. The summed E-state index contributed by atoms with van der Waals surface area (Å²) in [5.74, 6) is 0. The van der Waals surface area contributed by atoms with Gasteiger partial charge in [-0.2, -0.15) is 0 Å². The van der Waals surface area contributed by atoms with Crippen molar-refractivity contribution in [1.82, 2.24) is 17.9 Å². The van der Waals surface area contributed by atoms with Gasteiger partial charge in [-0.1, -0.05) is 72.8 Å². The van der Waals surface area contributed by atoms with E-state index in [9.17, 15) is 0 Å². The molecule has 2 aliphatic rings. The lowest BCUT2D eigenvalue weighted by molar-refractivity contribution is 0.981. The van der Waals surface area contributed by atoms with Gasteiger partial charge in [-0.15, -0.1) is 0 Å². The Kier molecular flexibility index (Phi) is 4.76. The van der Waals surface area contributed by atoms with Crippen LogP contribution in [0.5, 0.6) is 0 Å². The first-order valence-electron chi connectivity index (χ1n) is 16.4. The van der Waals surface area contributed by atoms with Gasteiger partial charge in [-0.05, 0) is 97.5 Å². The summed E-state index contributed by atoms with van der Waals surface area (Å²) in [5.41, 5.74) is 17.8. The molecule has 0 amide bonds. The first kappa shape index (κ1) is 24.6. The second kappa shape index (κ2) is 8.92. The first-order chi connectivity index (χ1) is 22.9. The van der Waals surface area contributed by atoms with Crippen LogP contribution in [0.3, 0.4) is 0 Å². The second-order valence-corrected chi connectivity index (χ2v) is 12.8. The molecule has 218 valence electrons. The summed E-state index contributed by atoms with van der Waals surface area (Å²) in [7, 11) is 0. The van der Waals surface area contributed by atoms with Gasteiger partial charge in [0, 0.05) is 33.5 Å². The van der Waals surface area contributed by atoms with Crippen LogP contribution in [0.15, 0.2) is 121 Å². The van der Waals surface area contributed by atoms with Crippen molar-refractivity contribution >= 4 is 67.1 Å². The molecule has 0 bridgehead atoms. The predicted octanol–water partition coefficient (Wildman–Crippen LogP) is 10.3. The maximum atomic E-state index is 2.55. The van der Waals surface area contributed by atoms with Crippen LogP contribution >= 0.6 is 0 Å². The van der Waals surface area contributed by atoms with E-state index in [0.29, 0.717) is 0 Å². The molecule has 0 fully saturated rings. The van der Waals surface area contributed by atoms with Gasteiger partial charge in [0.15, 0.2) is 0 Å². The summed E-state index contributed by atoms with van der Waals surface area (Å²) in [6.45, 7) is 0. The standard InChI is InChI=1S/C42H30N4/c1-3-13-27(14-4-1)43-35-23-11-19-31-29-17-7-9-21-33(29)45(41(31)35)39-26-38-40(25-37(39)43)46-34-22-10-8-18-30(34)32-20-12-24-36(42(32)46)44(38)28-15-5-2-6-16-28/h1-6,9-16,19-26H,7-8,17-18H2. The molecule has 0 unspecified atom stereocenters. The predicted molar refractivity (Wildman–Crippen MR) is 192 cm³/mol. The van der Waals surface area contributed by atoms with Crippen molar-refractivity contribution in [3.63, 3.8) is 0 Å². The fourth-order valence-corrected chi connectivity index (χ4v) is 8.63. The SMILES string of the molecule is C1=Cc2c(c3cccc4c3n2c2cc3c(cc2n4-c2ccccc2)n2c4c(c5cccc(c52)n3-c2ccccc2)CCC=C4)CC1. The van der Waals surface area contributed by atoms with E-state index >= 15 is 0 Å². The number of hydrogen-bond acceptors (Lipinski definition) is 0. The first-order valence-corrected chi connectivity index (χ1v) is 16.4. The van der Waals surface area contributed by atoms with Gasteiger partial charge in [-0.25, -0.2) is 0 Å². The zero-order valence-electron chi connectivity index (χ0n) is 25.3. The number of para-hydroxylation sites is 4. The molecule has 46 heavy (non-hydrogen) atoms. The molecule has 0 aliphatic heterocycles. The molecule has 0 saturated heterocycles. The van der Waals surface area contributed by atoms with E-state index in [0.717, 1.165) is 25.7 Å². The topological polar surface area (TPSA) is 18.7 Å². The molecule has 5 aromatic carbocycles. The van der Waals surface area contributed by atoms with Crippen LogP contribution in [-0.4, -0.2) is 17.9 Å². The third-order valence-corrected chi connectivity index (χ3v) is 10.4. The molecular weight excluding hydrogens is 560 g/mol. The third kappa shape index (κ3) is 3.04.